The molecule has 0 bridgehead atoms. The van der Waals surface area contributed by atoms with Crippen molar-refractivity contribution in [2.75, 3.05) is 13.2 Å². The predicted molar refractivity (Wildman–Crippen MR) is 151 cm³/mol. The van der Waals surface area contributed by atoms with Crippen molar-refractivity contribution in [2.24, 2.45) is 17.8 Å². The Morgan fingerprint density at radius 2 is 1.82 bits per heavy atom. The molecule has 0 aromatic rings. The van der Waals surface area contributed by atoms with Gasteiger partial charge in [-0.2, -0.15) is 0 Å². The molecule has 8 atom stereocenters. The molecule has 3 aliphatic rings. The summed E-state index contributed by atoms with van der Waals surface area (Å²) in [6, 6.07) is 0. The van der Waals surface area contributed by atoms with Crippen LogP contribution in [-0.2, 0) is 23.7 Å². The molecule has 3 unspecified atom stereocenters. The maximum atomic E-state index is 11.1. The van der Waals surface area contributed by atoms with Crippen molar-refractivity contribution in [2.45, 2.75) is 128 Å². The minimum atomic E-state index is -0.768. The molecule has 2 aliphatic heterocycles. The highest BCUT2D eigenvalue weighted by atomic mass is 16.7. The second-order valence-electron chi connectivity index (χ2n) is 11.2. The fourth-order valence-corrected chi connectivity index (χ4v) is 5.66. The van der Waals surface area contributed by atoms with Crippen LogP contribution in [-0.4, -0.2) is 60.3 Å². The summed E-state index contributed by atoms with van der Waals surface area (Å²) < 4.78 is 24.7. The van der Waals surface area contributed by atoms with Gasteiger partial charge in [-0.15, -0.1) is 11.8 Å². The predicted octanol–water partition coefficient (Wildman–Crippen LogP) is 6.00. The Balaban J connectivity index is 1.73. The van der Waals surface area contributed by atoms with E-state index in [1.165, 1.54) is 0 Å². The van der Waals surface area contributed by atoms with Crippen LogP contribution in [0, 0.1) is 29.6 Å². The first-order valence-electron chi connectivity index (χ1n) is 15.2. The molecule has 2 heterocycles. The van der Waals surface area contributed by atoms with Crippen LogP contribution in [0.5, 0.6) is 0 Å². The van der Waals surface area contributed by atoms with E-state index < -0.39 is 12.1 Å². The van der Waals surface area contributed by atoms with Crippen LogP contribution < -0.4 is 0 Å². The van der Waals surface area contributed by atoms with Crippen molar-refractivity contribution in [1.82, 2.24) is 0 Å². The standard InChI is InChI=1S/C32H50O7/c1-3-4-7-14-24(2)28(38-31-17-10-12-21-36-31)20-19-26-25(15-8-5-6-9-16-30(34)35)27(33)23-29(26)39-32-18-11-13-22-37-32/h5,8,19-20,24-29,31-33H,3,6,9-18,21-23H2,1-2H3,(H,34,35)/t24?,25-,26-,27+,28-,29-,31?,32?/m1/s1. The van der Waals surface area contributed by atoms with Gasteiger partial charge in [-0.1, -0.05) is 38.2 Å². The van der Waals surface area contributed by atoms with Gasteiger partial charge in [0, 0.05) is 44.8 Å². The van der Waals surface area contributed by atoms with Gasteiger partial charge in [0.2, 0.25) is 0 Å². The van der Waals surface area contributed by atoms with Crippen LogP contribution in [0.2, 0.25) is 0 Å². The lowest BCUT2D eigenvalue weighted by Crippen LogP contribution is -2.32. The van der Waals surface area contributed by atoms with Crippen molar-refractivity contribution in [3.63, 3.8) is 0 Å². The summed E-state index contributed by atoms with van der Waals surface area (Å²) in [5.74, 6) is 5.91. The van der Waals surface area contributed by atoms with Crippen LogP contribution in [0.3, 0.4) is 0 Å². The fourth-order valence-electron chi connectivity index (χ4n) is 5.66. The summed E-state index contributed by atoms with van der Waals surface area (Å²) in [5, 5.41) is 19.9. The molecule has 0 aromatic heterocycles. The van der Waals surface area contributed by atoms with E-state index in [1.54, 1.807) is 0 Å². The SMILES string of the molecule is CCC#CCC(C)[C@@H](C=C[C@@H]1[C@@H](CC=CCCCC(=O)O)[C@@H](O)C[C@H]1OC1CCCCO1)OC1CCCCO1. The Kier molecular flexibility index (Phi) is 14.6. The molecule has 220 valence electrons. The molecule has 7 nitrogen and oxygen atoms in total. The van der Waals surface area contributed by atoms with Gasteiger partial charge in [0.25, 0.3) is 0 Å². The molecule has 0 aromatic carbocycles. The number of carboxylic acids is 1. The first-order valence-corrected chi connectivity index (χ1v) is 15.2. The molecule has 2 saturated heterocycles. The zero-order valence-corrected chi connectivity index (χ0v) is 24.0. The molecule has 1 aliphatic carbocycles. The molecule has 0 radical (unpaired) electrons. The average molecular weight is 547 g/mol. The monoisotopic (exact) mass is 546 g/mol. The van der Waals surface area contributed by atoms with Crippen LogP contribution in [0.25, 0.3) is 0 Å². The molecular formula is C32H50O7. The number of aliphatic carboxylic acids is 1. The summed E-state index contributed by atoms with van der Waals surface area (Å²) >= 11 is 0. The third-order valence-electron chi connectivity index (χ3n) is 7.95. The molecule has 0 amide bonds. The number of aliphatic hydroxyl groups is 1. The highest BCUT2D eigenvalue weighted by Crippen LogP contribution is 2.40. The third-order valence-corrected chi connectivity index (χ3v) is 7.95. The molecule has 3 rings (SSSR count). The zero-order chi connectivity index (χ0) is 27.9. The molecule has 7 heteroatoms. The van der Waals surface area contributed by atoms with E-state index in [4.69, 9.17) is 24.1 Å². The minimum absolute atomic E-state index is 0.00679. The van der Waals surface area contributed by atoms with Gasteiger partial charge in [-0.25, -0.2) is 0 Å². The minimum Gasteiger partial charge on any atom is -0.481 e. The first kappa shape index (κ1) is 31.8. The summed E-state index contributed by atoms with van der Waals surface area (Å²) in [6.45, 7) is 5.69. The van der Waals surface area contributed by atoms with Gasteiger partial charge in [0.05, 0.1) is 18.3 Å². The quantitative estimate of drug-likeness (QED) is 0.157. The third kappa shape index (κ3) is 11.4. The highest BCUT2D eigenvalue weighted by molar-refractivity contribution is 5.66. The number of rotatable bonds is 14. The number of aliphatic hydroxyl groups excluding tert-OH is 1. The van der Waals surface area contributed by atoms with Crippen LogP contribution in [0.15, 0.2) is 24.3 Å². The topological polar surface area (TPSA) is 94.5 Å². The van der Waals surface area contributed by atoms with Crippen molar-refractivity contribution in [3.05, 3.63) is 24.3 Å². The largest absolute Gasteiger partial charge is 0.481 e. The number of carboxylic acid groups (broad SMARTS) is 1. The van der Waals surface area contributed by atoms with Gasteiger partial charge in [0.15, 0.2) is 12.6 Å². The van der Waals surface area contributed by atoms with E-state index >= 15 is 0 Å². The van der Waals surface area contributed by atoms with E-state index in [1.807, 2.05) is 6.08 Å². The Morgan fingerprint density at radius 1 is 1.08 bits per heavy atom. The van der Waals surface area contributed by atoms with E-state index in [2.05, 4.69) is 43.9 Å². The molecule has 0 spiro atoms. The fraction of sp³-hybridized carbons (Fsp3) is 0.781. The van der Waals surface area contributed by atoms with E-state index in [9.17, 15) is 9.90 Å². The van der Waals surface area contributed by atoms with Crippen molar-refractivity contribution < 1.29 is 34.0 Å². The normalized spacial score (nSPS) is 31.3. The second-order valence-corrected chi connectivity index (χ2v) is 11.2. The van der Waals surface area contributed by atoms with Crippen molar-refractivity contribution in [1.29, 1.82) is 0 Å². The van der Waals surface area contributed by atoms with E-state index in [0.29, 0.717) is 19.3 Å². The lowest BCUT2D eigenvalue weighted by molar-refractivity contribution is -0.193. The molecular weight excluding hydrogens is 496 g/mol. The average Bonchev–Trinajstić information content (AvgIpc) is 3.22. The van der Waals surface area contributed by atoms with Gasteiger partial charge < -0.3 is 29.2 Å². The highest BCUT2D eigenvalue weighted by Gasteiger charge is 2.42. The molecule has 3 fully saturated rings. The number of hydrogen-bond acceptors (Lipinski definition) is 6. The Labute approximate surface area is 235 Å². The number of hydrogen-bond donors (Lipinski definition) is 2. The van der Waals surface area contributed by atoms with Crippen LogP contribution in [0.4, 0.5) is 0 Å². The Bertz CT molecular complexity index is 816. The lowest BCUT2D eigenvalue weighted by Gasteiger charge is -2.31. The van der Waals surface area contributed by atoms with Gasteiger partial charge in [0.1, 0.15) is 0 Å². The lowest BCUT2D eigenvalue weighted by atomic mass is 9.88. The number of carbonyl (C=O) groups is 1. The van der Waals surface area contributed by atoms with Crippen LogP contribution in [0.1, 0.15) is 97.3 Å². The zero-order valence-electron chi connectivity index (χ0n) is 24.0. The summed E-state index contributed by atoms with van der Waals surface area (Å²) in [4.78, 5) is 10.8. The Morgan fingerprint density at radius 3 is 2.49 bits per heavy atom. The number of unbranched alkanes of at least 4 members (excludes halogenated alkanes) is 1. The van der Waals surface area contributed by atoms with Crippen molar-refractivity contribution in [3.8, 4) is 11.8 Å². The smallest absolute Gasteiger partial charge is 0.303 e. The summed E-state index contributed by atoms with van der Waals surface area (Å²) in [7, 11) is 0. The Hall–Kier alpha value is -1.69. The van der Waals surface area contributed by atoms with E-state index in [0.717, 1.165) is 71.0 Å². The first-order chi connectivity index (χ1) is 19.0. The summed E-state index contributed by atoms with van der Waals surface area (Å²) in [6.07, 6.45) is 17.8. The number of ether oxygens (including phenoxy) is 4. The molecule has 1 saturated carbocycles. The van der Waals surface area contributed by atoms with Gasteiger partial charge >= 0.3 is 5.97 Å². The molecule has 39 heavy (non-hydrogen) atoms. The second kappa shape index (κ2) is 17.9. The maximum Gasteiger partial charge on any atom is 0.303 e. The van der Waals surface area contributed by atoms with E-state index in [-0.39, 0.29) is 49.0 Å². The van der Waals surface area contributed by atoms with Gasteiger partial charge in [-0.05, 0) is 69.6 Å². The summed E-state index contributed by atoms with van der Waals surface area (Å²) in [5.41, 5.74) is 0. The van der Waals surface area contributed by atoms with Crippen LogP contribution >= 0.6 is 0 Å². The maximum absolute atomic E-state index is 11.1. The molecule has 2 N–H and O–H groups in total. The van der Waals surface area contributed by atoms with Crippen molar-refractivity contribution >= 4 is 5.97 Å². The number of allylic oxidation sites excluding steroid dienone is 2. The van der Waals surface area contributed by atoms with Gasteiger partial charge in [-0.3, -0.25) is 4.79 Å².